The molecule has 142 valence electrons. The van der Waals surface area contributed by atoms with Crippen LogP contribution in [0.1, 0.15) is 41.3 Å². The van der Waals surface area contributed by atoms with Gasteiger partial charge in [-0.1, -0.05) is 35.3 Å². The number of rotatable bonds is 6. The second kappa shape index (κ2) is 7.49. The van der Waals surface area contributed by atoms with Gasteiger partial charge in [0, 0.05) is 12.0 Å². The standard InChI is InChI=1S/C20H17Cl2FO4/c1-20(12-4-6-13(23)7-5-12)10-11-9-14(27-8-2-3-15(24)25)17(21)18(22)16(11)19(20)26/h4-7,9H,2-3,8,10H2,1H3,(H,24,25)/t20-/m1/s1. The molecule has 2 aromatic carbocycles. The molecular formula is C20H17Cl2FO4. The van der Waals surface area contributed by atoms with Gasteiger partial charge < -0.3 is 9.84 Å². The van der Waals surface area contributed by atoms with Crippen LogP contribution in [0.15, 0.2) is 30.3 Å². The van der Waals surface area contributed by atoms with Gasteiger partial charge in [-0.15, -0.1) is 0 Å². The van der Waals surface area contributed by atoms with Crippen LogP contribution in [0.5, 0.6) is 5.75 Å². The lowest BCUT2D eigenvalue weighted by molar-refractivity contribution is -0.137. The van der Waals surface area contributed by atoms with Crippen molar-refractivity contribution in [3.8, 4) is 5.75 Å². The van der Waals surface area contributed by atoms with Crippen LogP contribution in [-0.4, -0.2) is 23.5 Å². The van der Waals surface area contributed by atoms with E-state index in [-0.39, 0.29) is 34.7 Å². The van der Waals surface area contributed by atoms with Crippen LogP contribution in [0.25, 0.3) is 0 Å². The number of carbonyl (C=O) groups is 2. The molecular weight excluding hydrogens is 394 g/mol. The molecule has 2 aromatic rings. The van der Waals surface area contributed by atoms with Crippen LogP contribution in [0.3, 0.4) is 0 Å². The molecule has 0 saturated carbocycles. The van der Waals surface area contributed by atoms with E-state index < -0.39 is 11.4 Å². The number of ether oxygens (including phenoxy) is 1. The third kappa shape index (κ3) is 3.66. The maximum Gasteiger partial charge on any atom is 0.303 e. The monoisotopic (exact) mass is 410 g/mol. The van der Waals surface area contributed by atoms with Crippen molar-refractivity contribution in [2.45, 2.75) is 31.6 Å². The Bertz CT molecular complexity index is 911. The summed E-state index contributed by atoms with van der Waals surface area (Å²) in [6.45, 7) is 1.96. The first-order valence-corrected chi connectivity index (χ1v) is 9.16. The predicted molar refractivity (Wildman–Crippen MR) is 101 cm³/mol. The van der Waals surface area contributed by atoms with Gasteiger partial charge in [-0.2, -0.15) is 0 Å². The maximum atomic E-state index is 13.2. The molecule has 0 unspecified atom stereocenters. The van der Waals surface area contributed by atoms with E-state index in [9.17, 15) is 14.0 Å². The van der Waals surface area contributed by atoms with Crippen molar-refractivity contribution < 1.29 is 23.8 Å². The fourth-order valence-electron chi connectivity index (χ4n) is 3.34. The van der Waals surface area contributed by atoms with Crippen molar-refractivity contribution in [3.05, 3.63) is 62.9 Å². The predicted octanol–water partition coefficient (Wildman–Crippen LogP) is 5.07. The minimum atomic E-state index is -0.905. The number of aliphatic carboxylic acids is 1. The highest BCUT2D eigenvalue weighted by atomic mass is 35.5. The van der Waals surface area contributed by atoms with Crippen LogP contribution >= 0.6 is 23.2 Å². The van der Waals surface area contributed by atoms with Crippen LogP contribution in [0.4, 0.5) is 4.39 Å². The molecule has 1 aliphatic rings. The van der Waals surface area contributed by atoms with Gasteiger partial charge >= 0.3 is 5.97 Å². The third-order valence-corrected chi connectivity index (χ3v) is 5.65. The largest absolute Gasteiger partial charge is 0.492 e. The van der Waals surface area contributed by atoms with E-state index in [1.807, 2.05) is 0 Å². The molecule has 1 atom stereocenters. The Kier molecular flexibility index (Phi) is 5.45. The Morgan fingerprint density at radius 3 is 2.56 bits per heavy atom. The van der Waals surface area contributed by atoms with Gasteiger partial charge in [0.05, 0.1) is 17.0 Å². The Balaban J connectivity index is 1.90. The van der Waals surface area contributed by atoms with Gasteiger partial charge in [-0.05, 0) is 49.1 Å². The number of carbonyl (C=O) groups excluding carboxylic acids is 1. The van der Waals surface area contributed by atoms with Crippen LogP contribution < -0.4 is 4.74 Å². The van der Waals surface area contributed by atoms with Crippen LogP contribution in [0.2, 0.25) is 10.0 Å². The first kappa shape index (κ1) is 19.6. The average Bonchev–Trinajstić information content (AvgIpc) is 2.88. The summed E-state index contributed by atoms with van der Waals surface area (Å²) < 4.78 is 18.8. The van der Waals surface area contributed by atoms with Crippen LogP contribution in [0, 0.1) is 5.82 Å². The number of ketones is 1. The minimum Gasteiger partial charge on any atom is -0.492 e. The molecule has 0 spiro atoms. The topological polar surface area (TPSA) is 63.6 Å². The summed E-state index contributed by atoms with van der Waals surface area (Å²) in [5.41, 5.74) is 0.882. The number of carboxylic acid groups (broad SMARTS) is 1. The van der Waals surface area contributed by atoms with Gasteiger partial charge in [0.2, 0.25) is 0 Å². The van der Waals surface area contributed by atoms with E-state index >= 15 is 0 Å². The van der Waals surface area contributed by atoms with Gasteiger partial charge in [0.15, 0.2) is 5.78 Å². The molecule has 4 nitrogen and oxygen atoms in total. The molecule has 0 radical (unpaired) electrons. The number of Topliss-reactive ketones (excluding diaryl/α,β-unsaturated/α-hetero) is 1. The second-order valence-electron chi connectivity index (χ2n) is 6.73. The summed E-state index contributed by atoms with van der Waals surface area (Å²) in [5.74, 6) is -1.13. The summed E-state index contributed by atoms with van der Waals surface area (Å²) in [5, 5.41) is 8.94. The number of fused-ring (bicyclic) bond motifs is 1. The molecule has 7 heteroatoms. The van der Waals surface area contributed by atoms with E-state index in [0.717, 1.165) is 0 Å². The molecule has 1 aliphatic carbocycles. The smallest absolute Gasteiger partial charge is 0.303 e. The molecule has 0 aliphatic heterocycles. The second-order valence-corrected chi connectivity index (χ2v) is 7.48. The lowest BCUT2D eigenvalue weighted by Gasteiger charge is -2.22. The Hall–Kier alpha value is -2.11. The first-order chi connectivity index (χ1) is 12.7. The van der Waals surface area contributed by atoms with Crippen molar-refractivity contribution in [2.75, 3.05) is 6.61 Å². The maximum absolute atomic E-state index is 13.2. The molecule has 0 aromatic heterocycles. The lowest BCUT2D eigenvalue weighted by Crippen LogP contribution is -2.29. The molecule has 0 saturated heterocycles. The molecule has 0 fully saturated rings. The Morgan fingerprint density at radius 2 is 1.93 bits per heavy atom. The SMILES string of the molecule is C[C@]1(c2ccc(F)cc2)Cc2cc(OCCCC(=O)O)c(Cl)c(Cl)c2C1=O. The lowest BCUT2D eigenvalue weighted by atomic mass is 9.79. The molecule has 27 heavy (non-hydrogen) atoms. The van der Waals surface area contributed by atoms with E-state index in [0.29, 0.717) is 35.3 Å². The van der Waals surface area contributed by atoms with E-state index in [4.69, 9.17) is 33.0 Å². The summed E-state index contributed by atoms with van der Waals surface area (Å²) in [6, 6.07) is 7.51. The molecule has 3 rings (SSSR count). The Morgan fingerprint density at radius 1 is 1.26 bits per heavy atom. The van der Waals surface area contributed by atoms with Crippen molar-refractivity contribution in [3.63, 3.8) is 0 Å². The van der Waals surface area contributed by atoms with Gasteiger partial charge in [-0.25, -0.2) is 4.39 Å². The van der Waals surface area contributed by atoms with Crippen molar-refractivity contribution in [1.82, 2.24) is 0 Å². The first-order valence-electron chi connectivity index (χ1n) is 8.40. The molecule has 0 bridgehead atoms. The molecule has 0 heterocycles. The normalized spacial score (nSPS) is 18.4. The minimum absolute atomic E-state index is 0.0165. The van der Waals surface area contributed by atoms with E-state index in [1.165, 1.54) is 12.1 Å². The van der Waals surface area contributed by atoms with Crippen LogP contribution in [-0.2, 0) is 16.6 Å². The molecule has 1 N–H and O–H groups in total. The zero-order chi connectivity index (χ0) is 19.8. The van der Waals surface area contributed by atoms with Gasteiger partial charge in [-0.3, -0.25) is 9.59 Å². The number of carboxylic acids is 1. The summed E-state index contributed by atoms with van der Waals surface area (Å²) in [6.07, 6.45) is 0.694. The fourth-order valence-corrected chi connectivity index (χ4v) is 3.84. The highest BCUT2D eigenvalue weighted by Crippen LogP contribution is 2.47. The van der Waals surface area contributed by atoms with Gasteiger partial charge in [0.25, 0.3) is 0 Å². The number of halogens is 3. The number of hydrogen-bond acceptors (Lipinski definition) is 3. The average molecular weight is 411 g/mol. The highest BCUT2D eigenvalue weighted by molar-refractivity contribution is 6.45. The Labute approximate surface area is 165 Å². The molecule has 0 amide bonds. The summed E-state index contributed by atoms with van der Waals surface area (Å²) >= 11 is 12.6. The summed E-state index contributed by atoms with van der Waals surface area (Å²) in [7, 11) is 0. The van der Waals surface area contributed by atoms with Crippen molar-refractivity contribution in [2.24, 2.45) is 0 Å². The van der Waals surface area contributed by atoms with Crippen molar-refractivity contribution in [1.29, 1.82) is 0 Å². The van der Waals surface area contributed by atoms with Gasteiger partial charge in [0.1, 0.15) is 16.6 Å². The van der Waals surface area contributed by atoms with E-state index in [1.54, 1.807) is 25.1 Å². The number of benzene rings is 2. The zero-order valence-electron chi connectivity index (χ0n) is 14.5. The number of hydrogen-bond donors (Lipinski definition) is 1. The van der Waals surface area contributed by atoms with E-state index in [2.05, 4.69) is 0 Å². The summed E-state index contributed by atoms with van der Waals surface area (Å²) in [4.78, 5) is 23.7. The van der Waals surface area contributed by atoms with Crippen molar-refractivity contribution >= 4 is 35.0 Å². The zero-order valence-corrected chi connectivity index (χ0v) is 16.0. The highest BCUT2D eigenvalue weighted by Gasteiger charge is 2.45. The quantitative estimate of drug-likeness (QED) is 0.674. The third-order valence-electron chi connectivity index (χ3n) is 4.80. The fraction of sp³-hybridized carbons (Fsp3) is 0.300.